The van der Waals surface area contributed by atoms with E-state index in [0.29, 0.717) is 12.3 Å². The first-order valence-corrected chi connectivity index (χ1v) is 8.34. The Balaban J connectivity index is 1.48. The lowest BCUT2D eigenvalue weighted by Gasteiger charge is -2.20. The third-order valence-electron chi connectivity index (χ3n) is 5.15. The fourth-order valence-electron chi connectivity index (χ4n) is 4.05. The number of hydrogen-bond acceptors (Lipinski definition) is 2. The van der Waals surface area contributed by atoms with E-state index in [-0.39, 0.29) is 5.91 Å². The number of rotatable bonds is 6. The summed E-state index contributed by atoms with van der Waals surface area (Å²) in [5, 5.41) is 6.35. The highest BCUT2D eigenvalue weighted by Crippen LogP contribution is 2.49. The van der Waals surface area contributed by atoms with Crippen LogP contribution in [0.2, 0.25) is 0 Å². The summed E-state index contributed by atoms with van der Waals surface area (Å²) >= 11 is 0. The van der Waals surface area contributed by atoms with Crippen molar-refractivity contribution in [1.29, 1.82) is 0 Å². The van der Waals surface area contributed by atoms with Gasteiger partial charge in [0.1, 0.15) is 0 Å². The van der Waals surface area contributed by atoms with Crippen molar-refractivity contribution in [2.45, 2.75) is 45.6 Å². The number of carbonyl (C=O) groups is 1. The molecule has 3 atom stereocenters. The zero-order chi connectivity index (χ0) is 14.7. The minimum absolute atomic E-state index is 0.187. The highest BCUT2D eigenvalue weighted by Gasteiger charge is 2.40. The van der Waals surface area contributed by atoms with Crippen LogP contribution < -0.4 is 10.6 Å². The Morgan fingerprint density at radius 2 is 2.00 bits per heavy atom. The van der Waals surface area contributed by atoms with E-state index < -0.39 is 0 Å². The van der Waals surface area contributed by atoms with Gasteiger partial charge in [-0.1, -0.05) is 25.5 Å². The van der Waals surface area contributed by atoms with Crippen molar-refractivity contribution in [2.75, 3.05) is 11.9 Å². The van der Waals surface area contributed by atoms with Gasteiger partial charge in [0.05, 0.1) is 0 Å². The lowest BCUT2D eigenvalue weighted by atomic mass is 9.86. The van der Waals surface area contributed by atoms with Crippen molar-refractivity contribution in [3.05, 3.63) is 29.8 Å². The molecule has 3 rings (SSSR count). The summed E-state index contributed by atoms with van der Waals surface area (Å²) < 4.78 is 0. The van der Waals surface area contributed by atoms with Crippen molar-refractivity contribution >= 4 is 11.6 Å². The maximum atomic E-state index is 12.2. The highest BCUT2D eigenvalue weighted by atomic mass is 16.1. The SMILES string of the molecule is CCNCc1ccc(NC(=O)CC2CC3CCC2C3)cc1. The minimum Gasteiger partial charge on any atom is -0.326 e. The zero-order valence-corrected chi connectivity index (χ0v) is 12.9. The van der Waals surface area contributed by atoms with Crippen molar-refractivity contribution < 1.29 is 4.79 Å². The lowest BCUT2D eigenvalue weighted by Crippen LogP contribution is -2.20. The van der Waals surface area contributed by atoms with Crippen LogP contribution in [0, 0.1) is 17.8 Å². The van der Waals surface area contributed by atoms with Crippen LogP contribution in [0.1, 0.15) is 44.6 Å². The molecule has 3 unspecified atom stereocenters. The van der Waals surface area contributed by atoms with E-state index in [4.69, 9.17) is 0 Å². The molecule has 0 saturated heterocycles. The largest absolute Gasteiger partial charge is 0.326 e. The maximum absolute atomic E-state index is 12.2. The molecule has 21 heavy (non-hydrogen) atoms. The third-order valence-corrected chi connectivity index (χ3v) is 5.15. The van der Waals surface area contributed by atoms with E-state index >= 15 is 0 Å². The van der Waals surface area contributed by atoms with Gasteiger partial charge in [-0.2, -0.15) is 0 Å². The average molecular weight is 286 g/mol. The Hall–Kier alpha value is -1.35. The molecule has 2 fully saturated rings. The summed E-state index contributed by atoms with van der Waals surface area (Å²) in [6, 6.07) is 8.17. The van der Waals surface area contributed by atoms with Crippen LogP contribution in [0.4, 0.5) is 5.69 Å². The van der Waals surface area contributed by atoms with Gasteiger partial charge in [0.25, 0.3) is 0 Å². The molecule has 2 bridgehead atoms. The molecule has 2 aliphatic rings. The summed E-state index contributed by atoms with van der Waals surface area (Å²) in [6.45, 7) is 3.96. The van der Waals surface area contributed by atoms with Crippen LogP contribution in [0.25, 0.3) is 0 Å². The highest BCUT2D eigenvalue weighted by molar-refractivity contribution is 5.90. The van der Waals surface area contributed by atoms with Crippen LogP contribution >= 0.6 is 0 Å². The van der Waals surface area contributed by atoms with Crippen molar-refractivity contribution in [1.82, 2.24) is 5.32 Å². The molecule has 1 aromatic carbocycles. The molecule has 114 valence electrons. The summed E-state index contributed by atoms with van der Waals surface area (Å²) in [5.41, 5.74) is 2.17. The van der Waals surface area contributed by atoms with Crippen LogP contribution in [0.5, 0.6) is 0 Å². The van der Waals surface area contributed by atoms with Gasteiger partial charge in [-0.05, 0) is 61.3 Å². The minimum atomic E-state index is 0.187. The first-order valence-electron chi connectivity index (χ1n) is 8.34. The van der Waals surface area contributed by atoms with Crippen molar-refractivity contribution in [2.24, 2.45) is 17.8 Å². The third kappa shape index (κ3) is 3.65. The maximum Gasteiger partial charge on any atom is 0.224 e. The molecule has 0 radical (unpaired) electrons. The molecule has 0 aliphatic heterocycles. The molecule has 2 N–H and O–H groups in total. The van der Waals surface area contributed by atoms with Gasteiger partial charge in [0.15, 0.2) is 0 Å². The summed E-state index contributed by atoms with van der Waals surface area (Å²) in [7, 11) is 0. The molecule has 0 spiro atoms. The molecular formula is C18H26N2O. The van der Waals surface area contributed by atoms with Crippen LogP contribution in [-0.2, 0) is 11.3 Å². The quantitative estimate of drug-likeness (QED) is 0.839. The number of fused-ring (bicyclic) bond motifs is 2. The monoisotopic (exact) mass is 286 g/mol. The fourth-order valence-corrected chi connectivity index (χ4v) is 4.05. The second-order valence-electron chi connectivity index (χ2n) is 6.66. The molecular weight excluding hydrogens is 260 g/mol. The lowest BCUT2D eigenvalue weighted by molar-refractivity contribution is -0.117. The number of amides is 1. The van der Waals surface area contributed by atoms with Gasteiger partial charge < -0.3 is 10.6 Å². The molecule has 3 nitrogen and oxygen atoms in total. The molecule has 1 amide bonds. The number of nitrogens with one attached hydrogen (secondary N) is 2. The van der Waals surface area contributed by atoms with E-state index in [1.807, 2.05) is 12.1 Å². The predicted molar refractivity (Wildman–Crippen MR) is 86.0 cm³/mol. The van der Waals surface area contributed by atoms with E-state index in [1.165, 1.54) is 31.2 Å². The Morgan fingerprint density at radius 1 is 1.19 bits per heavy atom. The van der Waals surface area contributed by atoms with Crippen molar-refractivity contribution in [3.63, 3.8) is 0 Å². The normalized spacial score (nSPS) is 27.0. The molecule has 2 saturated carbocycles. The van der Waals surface area contributed by atoms with E-state index in [9.17, 15) is 4.79 Å². The predicted octanol–water partition coefficient (Wildman–Crippen LogP) is 3.56. The van der Waals surface area contributed by atoms with Gasteiger partial charge in [-0.15, -0.1) is 0 Å². The first-order chi connectivity index (χ1) is 10.2. The standard InChI is InChI=1S/C18H26N2O/c1-2-19-12-13-4-7-17(8-5-13)20-18(21)11-16-10-14-3-6-15(16)9-14/h4-5,7-8,14-16,19H,2-3,6,9-12H2,1H3,(H,20,21). The molecule has 0 heterocycles. The first kappa shape index (κ1) is 14.6. The van der Waals surface area contributed by atoms with E-state index in [1.54, 1.807) is 0 Å². The Labute approximate surface area is 127 Å². The van der Waals surface area contributed by atoms with Gasteiger partial charge in [0, 0.05) is 18.7 Å². The topological polar surface area (TPSA) is 41.1 Å². The number of anilines is 1. The zero-order valence-electron chi connectivity index (χ0n) is 12.9. The van der Waals surface area contributed by atoms with E-state index in [0.717, 1.165) is 30.6 Å². The van der Waals surface area contributed by atoms with Crippen LogP contribution in [0.15, 0.2) is 24.3 Å². The number of benzene rings is 1. The molecule has 1 aromatic rings. The number of hydrogen-bond donors (Lipinski definition) is 2. The smallest absolute Gasteiger partial charge is 0.224 e. The fraction of sp³-hybridized carbons (Fsp3) is 0.611. The van der Waals surface area contributed by atoms with Crippen LogP contribution in [0.3, 0.4) is 0 Å². The van der Waals surface area contributed by atoms with Gasteiger partial charge >= 0.3 is 0 Å². The Kier molecular flexibility index (Phi) is 4.59. The van der Waals surface area contributed by atoms with Gasteiger partial charge in [0.2, 0.25) is 5.91 Å². The molecule has 3 heteroatoms. The van der Waals surface area contributed by atoms with Gasteiger partial charge in [-0.25, -0.2) is 0 Å². The Bertz CT molecular complexity index is 482. The average Bonchev–Trinajstić information content (AvgIpc) is 3.09. The molecule has 0 aromatic heterocycles. The molecule has 2 aliphatic carbocycles. The Morgan fingerprint density at radius 3 is 2.62 bits per heavy atom. The summed E-state index contributed by atoms with van der Waals surface area (Å²) in [5.74, 6) is 2.56. The van der Waals surface area contributed by atoms with E-state index in [2.05, 4.69) is 29.7 Å². The number of carbonyl (C=O) groups excluding carboxylic acids is 1. The second-order valence-corrected chi connectivity index (χ2v) is 6.66. The second kappa shape index (κ2) is 6.61. The van der Waals surface area contributed by atoms with Gasteiger partial charge in [-0.3, -0.25) is 4.79 Å². The van der Waals surface area contributed by atoms with Crippen LogP contribution in [-0.4, -0.2) is 12.5 Å². The summed E-state index contributed by atoms with van der Waals surface area (Å²) in [6.07, 6.45) is 6.11. The summed E-state index contributed by atoms with van der Waals surface area (Å²) in [4.78, 5) is 12.2. The van der Waals surface area contributed by atoms with Crippen molar-refractivity contribution in [3.8, 4) is 0 Å².